The van der Waals surface area contributed by atoms with Crippen molar-refractivity contribution < 1.29 is 38.2 Å². The summed E-state index contributed by atoms with van der Waals surface area (Å²) in [5, 5.41) is 9.62. The van der Waals surface area contributed by atoms with Crippen LogP contribution in [0.3, 0.4) is 0 Å². The van der Waals surface area contributed by atoms with Crippen LogP contribution in [0.4, 0.5) is 0 Å². The minimum absolute atomic E-state index is 0.0409. The molecule has 1 N–H and O–H groups in total. The molecule has 2 unspecified atom stereocenters. The van der Waals surface area contributed by atoms with Gasteiger partial charge in [0.2, 0.25) is 0 Å². The second kappa shape index (κ2) is 39.8. The van der Waals surface area contributed by atoms with Gasteiger partial charge in [0.25, 0.3) is 0 Å². The lowest BCUT2D eigenvalue weighted by Crippen LogP contribution is -2.50. The molecule has 0 rings (SSSR count). The zero-order valence-corrected chi connectivity index (χ0v) is 37.3. The summed E-state index contributed by atoms with van der Waals surface area (Å²) < 4.78 is 17.2. The van der Waals surface area contributed by atoms with E-state index in [1.807, 2.05) is 27.2 Å². The molecule has 8 nitrogen and oxygen atoms in total. The number of allylic oxidation sites excluding steroid dienone is 10. The highest BCUT2D eigenvalue weighted by atomic mass is 16.6. The van der Waals surface area contributed by atoms with Crippen molar-refractivity contribution in [3.63, 3.8) is 0 Å². The summed E-state index contributed by atoms with van der Waals surface area (Å²) in [5.41, 5.74) is 0. The van der Waals surface area contributed by atoms with Crippen molar-refractivity contribution in [2.75, 3.05) is 41.0 Å². The van der Waals surface area contributed by atoms with E-state index in [9.17, 15) is 19.5 Å². The lowest BCUT2D eigenvalue weighted by atomic mass is 10.0. The highest BCUT2D eigenvalue weighted by Gasteiger charge is 2.31. The first-order valence-electron chi connectivity index (χ1n) is 22.8. The van der Waals surface area contributed by atoms with E-state index in [-0.39, 0.29) is 42.7 Å². The predicted molar refractivity (Wildman–Crippen MR) is 238 cm³/mol. The number of carboxylic acid groups (broad SMARTS) is 1. The van der Waals surface area contributed by atoms with Crippen LogP contribution in [-0.4, -0.2) is 80.6 Å². The van der Waals surface area contributed by atoms with Crippen LogP contribution in [-0.2, 0) is 28.6 Å². The third kappa shape index (κ3) is 38.3. The second-order valence-electron chi connectivity index (χ2n) is 16.3. The van der Waals surface area contributed by atoms with Crippen LogP contribution in [0.25, 0.3) is 0 Å². The van der Waals surface area contributed by atoms with Gasteiger partial charge < -0.3 is 23.8 Å². The second-order valence-corrected chi connectivity index (χ2v) is 16.3. The molecule has 57 heavy (non-hydrogen) atoms. The number of rotatable bonds is 40. The van der Waals surface area contributed by atoms with Crippen LogP contribution in [0.15, 0.2) is 60.8 Å². The molecule has 0 spiro atoms. The van der Waals surface area contributed by atoms with E-state index in [0.717, 1.165) is 51.4 Å². The zero-order valence-electron chi connectivity index (χ0n) is 37.3. The maximum Gasteiger partial charge on any atom is 0.362 e. The molecule has 0 radical (unpaired) electrons. The number of ether oxygens (including phenoxy) is 3. The Hall–Kier alpha value is -2.97. The summed E-state index contributed by atoms with van der Waals surface area (Å²) >= 11 is 0. The summed E-state index contributed by atoms with van der Waals surface area (Å²) in [6.45, 7) is 4.55. The van der Waals surface area contributed by atoms with E-state index in [0.29, 0.717) is 19.3 Å². The van der Waals surface area contributed by atoms with Gasteiger partial charge in [-0.2, -0.15) is 0 Å². The Labute approximate surface area is 349 Å². The molecular formula is C49H86NO7+. The van der Waals surface area contributed by atoms with E-state index >= 15 is 0 Å². The van der Waals surface area contributed by atoms with Crippen molar-refractivity contribution in [1.82, 2.24) is 0 Å². The number of quaternary nitrogens is 1. The first-order chi connectivity index (χ1) is 27.6. The number of likely N-dealkylation sites (N-methyl/N-ethyl adjacent to an activating group) is 1. The number of esters is 2. The molecule has 0 aliphatic rings. The molecule has 0 aromatic rings. The third-order valence-electron chi connectivity index (χ3n) is 9.91. The number of carboxylic acids is 1. The summed E-state index contributed by atoms with van der Waals surface area (Å²) in [4.78, 5) is 37.0. The number of carbonyl (C=O) groups is 3. The van der Waals surface area contributed by atoms with Crippen LogP contribution in [0, 0.1) is 0 Å². The minimum atomic E-state index is -0.883. The van der Waals surface area contributed by atoms with Gasteiger partial charge in [-0.1, -0.05) is 158 Å². The first kappa shape index (κ1) is 54.0. The maximum atomic E-state index is 12.7. The quantitative estimate of drug-likeness (QED) is 0.0285. The minimum Gasteiger partial charge on any atom is -0.477 e. The number of nitrogens with zero attached hydrogens (tertiary/aromatic N) is 1. The number of hydrogen-bond acceptors (Lipinski definition) is 6. The van der Waals surface area contributed by atoms with Gasteiger partial charge in [0.05, 0.1) is 34.4 Å². The van der Waals surface area contributed by atoms with Crippen molar-refractivity contribution in [3.05, 3.63) is 60.8 Å². The van der Waals surface area contributed by atoms with Gasteiger partial charge in [-0.05, 0) is 64.2 Å². The highest BCUT2D eigenvalue weighted by molar-refractivity contribution is 5.72. The van der Waals surface area contributed by atoms with Gasteiger partial charge in [0.15, 0.2) is 12.1 Å². The number of carbonyl (C=O) groups excluding carboxylic acids is 2. The molecular weight excluding hydrogens is 715 g/mol. The average molecular weight is 801 g/mol. The lowest BCUT2D eigenvalue weighted by molar-refractivity contribution is -0.887. The van der Waals surface area contributed by atoms with Crippen LogP contribution < -0.4 is 0 Å². The Morgan fingerprint density at radius 2 is 1.02 bits per heavy atom. The van der Waals surface area contributed by atoms with E-state index < -0.39 is 18.1 Å². The Kier molecular flexibility index (Phi) is 37.8. The monoisotopic (exact) mass is 801 g/mol. The van der Waals surface area contributed by atoms with Crippen molar-refractivity contribution in [3.8, 4) is 0 Å². The van der Waals surface area contributed by atoms with E-state index in [1.165, 1.54) is 89.9 Å². The van der Waals surface area contributed by atoms with E-state index in [1.54, 1.807) is 0 Å². The summed E-state index contributed by atoms with van der Waals surface area (Å²) in [6, 6.07) is -0.624. The molecule has 0 aliphatic heterocycles. The fourth-order valence-electron chi connectivity index (χ4n) is 6.39. The van der Waals surface area contributed by atoms with Gasteiger partial charge in [0, 0.05) is 19.3 Å². The van der Waals surface area contributed by atoms with Gasteiger partial charge in [0.1, 0.15) is 6.61 Å². The molecule has 0 saturated carbocycles. The average Bonchev–Trinajstić information content (AvgIpc) is 3.17. The van der Waals surface area contributed by atoms with Gasteiger partial charge >= 0.3 is 17.9 Å². The normalized spacial score (nSPS) is 13.5. The van der Waals surface area contributed by atoms with Crippen molar-refractivity contribution in [1.29, 1.82) is 0 Å². The molecule has 8 heteroatoms. The van der Waals surface area contributed by atoms with E-state index in [4.69, 9.17) is 14.2 Å². The van der Waals surface area contributed by atoms with Gasteiger partial charge in [-0.3, -0.25) is 9.59 Å². The predicted octanol–water partition coefficient (Wildman–Crippen LogP) is 12.6. The highest BCUT2D eigenvalue weighted by Crippen LogP contribution is 2.14. The molecule has 0 fully saturated rings. The number of aliphatic carboxylic acids is 1. The van der Waals surface area contributed by atoms with Crippen LogP contribution in [0.2, 0.25) is 0 Å². The molecule has 0 aromatic carbocycles. The van der Waals surface area contributed by atoms with Crippen molar-refractivity contribution in [2.45, 2.75) is 193 Å². The summed E-state index contributed by atoms with van der Waals surface area (Å²) in [6.07, 6.45) is 48.5. The lowest BCUT2D eigenvalue weighted by Gasteiger charge is -2.31. The molecule has 0 amide bonds. The summed E-state index contributed by atoms with van der Waals surface area (Å²) in [7, 11) is 5.51. The maximum absolute atomic E-state index is 12.7. The Balaban J connectivity index is 4.36. The molecule has 0 saturated heterocycles. The molecule has 0 aliphatic carbocycles. The van der Waals surface area contributed by atoms with Crippen LogP contribution in [0.1, 0.15) is 181 Å². The molecule has 0 bridgehead atoms. The first-order valence-corrected chi connectivity index (χ1v) is 22.8. The number of unbranched alkanes of at least 4 members (excludes halogenated alkanes) is 16. The Morgan fingerprint density at radius 1 is 0.544 bits per heavy atom. The van der Waals surface area contributed by atoms with E-state index in [2.05, 4.69) is 68.5 Å². The molecule has 0 heterocycles. The third-order valence-corrected chi connectivity index (χ3v) is 9.91. The Bertz CT molecular complexity index is 1120. The molecule has 2 atom stereocenters. The largest absolute Gasteiger partial charge is 0.477 e. The molecule has 328 valence electrons. The standard InChI is InChI=1S/C49H85NO7/c1-6-8-10-12-14-16-18-20-21-22-23-24-25-26-28-30-32-34-36-38-40-48(52)57-45(43-55-42-41-46(49(53)54)50(3,4)5)44-56-47(51)39-37-35-33-31-29-27-19-17-15-13-11-9-7-2/h8,10,14,16,20-21,27,29,33,35,45-46H,6-7,9,11-13,15,17-19,22-26,28,30-32,34,36-44H2,1-5H3/p+1/b10-8+,16-14+,21-20+,29-27+,35-33+. The van der Waals surface area contributed by atoms with Crippen LogP contribution >= 0.6 is 0 Å². The number of hydrogen-bond donors (Lipinski definition) is 1. The molecule has 0 aromatic heterocycles. The fourth-order valence-corrected chi connectivity index (χ4v) is 6.39. The zero-order chi connectivity index (χ0) is 42.1. The fraction of sp³-hybridized carbons (Fsp3) is 0.735. The van der Waals surface area contributed by atoms with Gasteiger partial charge in [-0.25, -0.2) is 4.79 Å². The summed E-state index contributed by atoms with van der Waals surface area (Å²) in [5.74, 6) is -1.56. The van der Waals surface area contributed by atoms with Crippen molar-refractivity contribution in [2.24, 2.45) is 0 Å². The SMILES string of the molecule is CC/C=C/C/C=C/C/C=C/CCCCCCCCCCCCC(=O)OC(COCCC(C(=O)O)[N+](C)(C)C)COC(=O)CC/C=C/C/C=C/CCCCCCCC. The van der Waals surface area contributed by atoms with Gasteiger partial charge in [-0.15, -0.1) is 0 Å². The Morgan fingerprint density at radius 3 is 1.53 bits per heavy atom. The van der Waals surface area contributed by atoms with Crippen LogP contribution in [0.5, 0.6) is 0 Å². The topological polar surface area (TPSA) is 99.1 Å². The smallest absolute Gasteiger partial charge is 0.362 e. The van der Waals surface area contributed by atoms with Crippen molar-refractivity contribution >= 4 is 17.9 Å².